The van der Waals surface area contributed by atoms with Gasteiger partial charge in [-0.1, -0.05) is 0 Å². The van der Waals surface area contributed by atoms with Crippen molar-refractivity contribution in [3.05, 3.63) is 29.3 Å². The molecule has 0 saturated carbocycles. The van der Waals surface area contributed by atoms with Gasteiger partial charge in [-0.3, -0.25) is 23.9 Å². The molecule has 1 saturated heterocycles. The molecule has 152 valence electrons. The Morgan fingerprint density at radius 1 is 1.21 bits per heavy atom. The second-order valence-electron chi connectivity index (χ2n) is 7.52. The smallest absolute Gasteiger partial charge is 0.254 e. The number of likely N-dealkylation sites (tertiary alicyclic amines) is 1. The summed E-state index contributed by atoms with van der Waals surface area (Å²) in [6.45, 7) is 7.28. The highest BCUT2D eigenvalue weighted by molar-refractivity contribution is 5.95. The summed E-state index contributed by atoms with van der Waals surface area (Å²) in [4.78, 5) is 27.1. The molecule has 1 fully saturated rings. The first-order valence-corrected chi connectivity index (χ1v) is 9.61. The van der Waals surface area contributed by atoms with E-state index in [0.29, 0.717) is 5.56 Å². The number of aryl methyl sites for hydroxylation is 3. The van der Waals surface area contributed by atoms with E-state index in [0.717, 1.165) is 43.0 Å². The van der Waals surface area contributed by atoms with E-state index < -0.39 is 0 Å². The second kappa shape index (κ2) is 8.14. The van der Waals surface area contributed by atoms with Crippen LogP contribution in [0.2, 0.25) is 0 Å². The van der Waals surface area contributed by atoms with E-state index in [9.17, 15) is 9.59 Å². The van der Waals surface area contributed by atoms with Gasteiger partial charge < -0.3 is 10.6 Å². The highest BCUT2D eigenvalue weighted by Crippen LogP contribution is 2.20. The molecule has 3 heterocycles. The minimum atomic E-state index is -0.242. The Labute approximate surface area is 165 Å². The van der Waals surface area contributed by atoms with Gasteiger partial charge in [0.05, 0.1) is 34.9 Å². The molecule has 1 aliphatic heterocycles. The minimum absolute atomic E-state index is 0.0305. The van der Waals surface area contributed by atoms with Gasteiger partial charge in [0.1, 0.15) is 0 Å². The lowest BCUT2D eigenvalue weighted by atomic mass is 10.0. The van der Waals surface area contributed by atoms with Crippen molar-refractivity contribution in [1.29, 1.82) is 0 Å². The first-order chi connectivity index (χ1) is 13.3. The van der Waals surface area contributed by atoms with Gasteiger partial charge in [0.25, 0.3) is 5.91 Å². The fourth-order valence-corrected chi connectivity index (χ4v) is 3.59. The van der Waals surface area contributed by atoms with E-state index >= 15 is 0 Å². The van der Waals surface area contributed by atoms with Gasteiger partial charge in [-0.05, 0) is 33.6 Å². The van der Waals surface area contributed by atoms with Gasteiger partial charge in [0, 0.05) is 39.4 Å². The number of aromatic nitrogens is 4. The van der Waals surface area contributed by atoms with Gasteiger partial charge in [-0.25, -0.2) is 0 Å². The molecule has 1 unspecified atom stereocenters. The maximum atomic E-state index is 12.7. The number of nitrogens with zero attached hydrogens (tertiary/aromatic N) is 5. The summed E-state index contributed by atoms with van der Waals surface area (Å²) in [5.74, 6) is -0.128. The molecule has 2 aromatic rings. The first kappa shape index (κ1) is 20.1. The molecule has 0 aromatic carbocycles. The highest BCUT2D eigenvalue weighted by Gasteiger charge is 2.28. The predicted molar refractivity (Wildman–Crippen MR) is 106 cm³/mol. The normalized spacial score (nSPS) is 16.8. The Bertz CT molecular complexity index is 862. The molecule has 1 aliphatic rings. The lowest BCUT2D eigenvalue weighted by molar-refractivity contribution is -0.121. The largest absolute Gasteiger partial charge is 0.349 e. The van der Waals surface area contributed by atoms with Gasteiger partial charge >= 0.3 is 0 Å². The molecule has 0 spiro atoms. The summed E-state index contributed by atoms with van der Waals surface area (Å²) in [5.41, 5.74) is 3.12. The standard InChI is InChI=1S/C19H29N7O2/c1-12-17(13(2)25(5)23-12)22-18(27)14(3)26-8-6-16(7-9-26)21-19(28)15-10-20-24(4)11-15/h10-11,14,16H,6-9H2,1-5H3,(H,21,28)(H,22,27). The van der Waals surface area contributed by atoms with Crippen molar-refractivity contribution in [2.24, 2.45) is 14.1 Å². The average molecular weight is 387 g/mol. The van der Waals surface area contributed by atoms with E-state index in [4.69, 9.17) is 0 Å². The maximum absolute atomic E-state index is 12.7. The van der Waals surface area contributed by atoms with Crippen molar-refractivity contribution in [2.45, 2.75) is 45.7 Å². The number of nitrogens with one attached hydrogen (secondary N) is 2. The molecular formula is C19H29N7O2. The maximum Gasteiger partial charge on any atom is 0.254 e. The zero-order valence-electron chi connectivity index (χ0n) is 17.2. The summed E-state index contributed by atoms with van der Waals surface area (Å²) in [5, 5.41) is 14.5. The summed E-state index contributed by atoms with van der Waals surface area (Å²) < 4.78 is 3.38. The third kappa shape index (κ3) is 4.24. The van der Waals surface area contributed by atoms with Crippen LogP contribution in [0.4, 0.5) is 5.69 Å². The van der Waals surface area contributed by atoms with Crippen LogP contribution in [0, 0.1) is 13.8 Å². The van der Waals surface area contributed by atoms with Crippen molar-refractivity contribution in [2.75, 3.05) is 18.4 Å². The molecule has 1 atom stereocenters. The number of amides is 2. The van der Waals surface area contributed by atoms with Crippen LogP contribution in [-0.4, -0.2) is 61.4 Å². The van der Waals surface area contributed by atoms with E-state index in [-0.39, 0.29) is 23.9 Å². The lowest BCUT2D eigenvalue weighted by Crippen LogP contribution is -2.50. The molecule has 9 heteroatoms. The van der Waals surface area contributed by atoms with E-state index in [1.165, 1.54) is 0 Å². The zero-order valence-corrected chi connectivity index (χ0v) is 17.2. The molecule has 0 radical (unpaired) electrons. The molecule has 2 amide bonds. The average Bonchev–Trinajstić information content (AvgIpc) is 3.20. The fourth-order valence-electron chi connectivity index (χ4n) is 3.59. The monoisotopic (exact) mass is 387 g/mol. The van der Waals surface area contributed by atoms with Crippen molar-refractivity contribution in [3.63, 3.8) is 0 Å². The van der Waals surface area contributed by atoms with Gasteiger partial charge in [0.2, 0.25) is 5.91 Å². The van der Waals surface area contributed by atoms with Crippen LogP contribution in [0.3, 0.4) is 0 Å². The highest BCUT2D eigenvalue weighted by atomic mass is 16.2. The van der Waals surface area contributed by atoms with Crippen LogP contribution < -0.4 is 10.6 Å². The van der Waals surface area contributed by atoms with Crippen LogP contribution in [0.15, 0.2) is 12.4 Å². The number of rotatable bonds is 5. The van der Waals surface area contributed by atoms with Crippen LogP contribution in [0.5, 0.6) is 0 Å². The van der Waals surface area contributed by atoms with Crippen molar-refractivity contribution in [3.8, 4) is 0 Å². The van der Waals surface area contributed by atoms with Crippen molar-refractivity contribution >= 4 is 17.5 Å². The fraction of sp³-hybridized carbons (Fsp3) is 0.579. The number of hydrogen-bond acceptors (Lipinski definition) is 5. The van der Waals surface area contributed by atoms with Crippen LogP contribution >= 0.6 is 0 Å². The molecule has 0 bridgehead atoms. The van der Waals surface area contributed by atoms with Crippen LogP contribution in [0.1, 0.15) is 41.5 Å². The Morgan fingerprint density at radius 3 is 2.43 bits per heavy atom. The SMILES string of the molecule is Cc1nn(C)c(C)c1NC(=O)C(C)N1CCC(NC(=O)c2cnn(C)c2)CC1. The van der Waals surface area contributed by atoms with E-state index in [1.54, 1.807) is 28.8 Å². The number of carbonyl (C=O) groups excluding carboxylic acids is 2. The van der Waals surface area contributed by atoms with Gasteiger partial charge in [0.15, 0.2) is 0 Å². The van der Waals surface area contributed by atoms with Crippen molar-refractivity contribution < 1.29 is 9.59 Å². The number of anilines is 1. The summed E-state index contributed by atoms with van der Waals surface area (Å²) in [6.07, 6.45) is 4.90. The summed E-state index contributed by atoms with van der Waals surface area (Å²) in [7, 11) is 3.65. The predicted octanol–water partition coefficient (Wildman–Crippen LogP) is 0.992. The number of piperidine rings is 1. The lowest BCUT2D eigenvalue weighted by Gasteiger charge is -2.35. The van der Waals surface area contributed by atoms with Gasteiger partial charge in [-0.2, -0.15) is 10.2 Å². The molecule has 2 aromatic heterocycles. The molecule has 2 N–H and O–H groups in total. The molecular weight excluding hydrogens is 358 g/mol. The van der Waals surface area contributed by atoms with Gasteiger partial charge in [-0.15, -0.1) is 0 Å². The number of hydrogen-bond donors (Lipinski definition) is 2. The topological polar surface area (TPSA) is 97.1 Å². The Kier molecular flexibility index (Phi) is 5.83. The minimum Gasteiger partial charge on any atom is -0.349 e. The Hall–Kier alpha value is -2.68. The van der Waals surface area contributed by atoms with Crippen molar-refractivity contribution in [1.82, 2.24) is 29.8 Å². The second-order valence-corrected chi connectivity index (χ2v) is 7.52. The molecule has 3 rings (SSSR count). The Balaban J connectivity index is 1.51. The quantitative estimate of drug-likeness (QED) is 0.798. The Morgan fingerprint density at radius 2 is 1.89 bits per heavy atom. The van der Waals surface area contributed by atoms with E-state index in [1.807, 2.05) is 27.8 Å². The third-order valence-corrected chi connectivity index (χ3v) is 5.52. The molecule has 0 aliphatic carbocycles. The zero-order chi connectivity index (χ0) is 20.4. The molecule has 9 nitrogen and oxygen atoms in total. The third-order valence-electron chi connectivity index (χ3n) is 5.52. The summed E-state index contributed by atoms with van der Waals surface area (Å²) in [6, 6.07) is -0.129. The summed E-state index contributed by atoms with van der Waals surface area (Å²) >= 11 is 0. The van der Waals surface area contributed by atoms with Crippen LogP contribution in [-0.2, 0) is 18.9 Å². The van der Waals surface area contributed by atoms with E-state index in [2.05, 4.69) is 25.7 Å². The van der Waals surface area contributed by atoms with Crippen LogP contribution in [0.25, 0.3) is 0 Å². The molecule has 28 heavy (non-hydrogen) atoms. The number of carbonyl (C=O) groups is 2. The first-order valence-electron chi connectivity index (χ1n) is 9.61.